The van der Waals surface area contributed by atoms with Gasteiger partial charge in [0.15, 0.2) is 0 Å². The molecule has 25 heavy (non-hydrogen) atoms. The van der Waals surface area contributed by atoms with E-state index in [-0.39, 0.29) is 6.54 Å². The first-order chi connectivity index (χ1) is 12.0. The summed E-state index contributed by atoms with van der Waals surface area (Å²) in [6.45, 7) is -0.0673. The lowest BCUT2D eigenvalue weighted by Gasteiger charge is -2.09. The molecule has 2 aromatic carbocycles. The minimum Gasteiger partial charge on any atom is -0.314 e. The van der Waals surface area contributed by atoms with Gasteiger partial charge in [-0.1, -0.05) is 35.5 Å². The van der Waals surface area contributed by atoms with Crippen LogP contribution in [0, 0.1) is 0 Å². The number of nitrogens with zero attached hydrogens (tertiary/aromatic N) is 5. The number of benzene rings is 2. The Kier molecular flexibility index (Phi) is 3.52. The van der Waals surface area contributed by atoms with Gasteiger partial charge in [-0.3, -0.25) is 0 Å². The third-order valence-corrected chi connectivity index (χ3v) is 3.79. The molecular weight excluding hydrogens is 331 g/mol. The summed E-state index contributed by atoms with van der Waals surface area (Å²) < 4.78 is 42.7. The summed E-state index contributed by atoms with van der Waals surface area (Å²) >= 11 is 0. The van der Waals surface area contributed by atoms with Gasteiger partial charge >= 0.3 is 6.18 Å². The predicted molar refractivity (Wildman–Crippen MR) is 85.2 cm³/mol. The van der Waals surface area contributed by atoms with Gasteiger partial charge in [-0.2, -0.15) is 13.2 Å². The van der Waals surface area contributed by atoms with Crippen LogP contribution in [0.25, 0.3) is 16.7 Å². The molecule has 0 N–H and O–H groups in total. The molecule has 0 fully saturated rings. The Balaban J connectivity index is 1.75. The van der Waals surface area contributed by atoms with E-state index in [0.717, 1.165) is 10.3 Å². The summed E-state index contributed by atoms with van der Waals surface area (Å²) in [5.74, 6) is -0.942. The van der Waals surface area contributed by atoms with Crippen molar-refractivity contribution in [2.24, 2.45) is 0 Å². The summed E-state index contributed by atoms with van der Waals surface area (Å²) in [5.41, 5.74) is 1.90. The van der Waals surface area contributed by atoms with Crippen molar-refractivity contribution in [3.8, 4) is 5.69 Å². The largest absolute Gasteiger partial charge is 0.449 e. The van der Waals surface area contributed by atoms with Crippen LogP contribution in [0.5, 0.6) is 0 Å². The average Bonchev–Trinajstić information content (AvgIpc) is 3.21. The van der Waals surface area contributed by atoms with E-state index in [1.165, 1.54) is 4.68 Å². The highest BCUT2D eigenvalue weighted by atomic mass is 19.4. The number of rotatable bonds is 3. The molecule has 0 spiro atoms. The van der Waals surface area contributed by atoms with Crippen LogP contribution in [-0.4, -0.2) is 24.5 Å². The van der Waals surface area contributed by atoms with Gasteiger partial charge in [-0.25, -0.2) is 9.67 Å². The second kappa shape index (κ2) is 5.73. The van der Waals surface area contributed by atoms with E-state index >= 15 is 0 Å². The van der Waals surface area contributed by atoms with E-state index < -0.39 is 12.0 Å². The van der Waals surface area contributed by atoms with E-state index in [2.05, 4.69) is 15.3 Å². The number of hydrogen-bond donors (Lipinski definition) is 0. The van der Waals surface area contributed by atoms with Gasteiger partial charge < -0.3 is 4.57 Å². The fourth-order valence-corrected chi connectivity index (χ4v) is 2.69. The van der Waals surface area contributed by atoms with E-state index in [0.29, 0.717) is 16.7 Å². The zero-order valence-corrected chi connectivity index (χ0v) is 12.9. The third-order valence-electron chi connectivity index (χ3n) is 3.79. The van der Waals surface area contributed by atoms with Crippen molar-refractivity contribution in [1.82, 2.24) is 24.5 Å². The Bertz CT molecular complexity index is 1020. The Hall–Kier alpha value is -3.16. The Labute approximate surface area is 140 Å². The average molecular weight is 343 g/mol. The molecule has 0 unspecified atom stereocenters. The standard InChI is InChI=1S/C17H12F3N5/c18-17(19,20)16-21-14-8-4-5-9-15(14)24(16)10-12-11-25(23-22-12)13-6-2-1-3-7-13/h1-9,11H,10H2. The maximum Gasteiger partial charge on any atom is 0.449 e. The van der Waals surface area contributed by atoms with E-state index in [9.17, 15) is 13.2 Å². The van der Waals surface area contributed by atoms with Crippen molar-refractivity contribution in [2.45, 2.75) is 12.7 Å². The van der Waals surface area contributed by atoms with Crippen molar-refractivity contribution in [3.63, 3.8) is 0 Å². The highest BCUT2D eigenvalue weighted by Crippen LogP contribution is 2.31. The minimum atomic E-state index is -4.55. The van der Waals surface area contributed by atoms with Gasteiger partial charge in [0.1, 0.15) is 5.69 Å². The maximum absolute atomic E-state index is 13.3. The smallest absolute Gasteiger partial charge is 0.314 e. The summed E-state index contributed by atoms with van der Waals surface area (Å²) in [6, 6.07) is 15.8. The number of aromatic nitrogens is 5. The number of alkyl halides is 3. The molecule has 8 heteroatoms. The molecular formula is C17H12F3N5. The molecule has 0 amide bonds. The Morgan fingerprint density at radius 2 is 1.64 bits per heavy atom. The Morgan fingerprint density at radius 3 is 2.40 bits per heavy atom. The van der Waals surface area contributed by atoms with E-state index in [4.69, 9.17) is 0 Å². The van der Waals surface area contributed by atoms with Crippen LogP contribution in [0.2, 0.25) is 0 Å². The van der Waals surface area contributed by atoms with Crippen molar-refractivity contribution < 1.29 is 13.2 Å². The van der Waals surface area contributed by atoms with Crippen molar-refractivity contribution in [3.05, 3.63) is 72.3 Å². The Morgan fingerprint density at radius 1 is 0.920 bits per heavy atom. The molecule has 2 aromatic heterocycles. The van der Waals surface area contributed by atoms with Gasteiger partial charge in [-0.15, -0.1) is 5.10 Å². The first-order valence-corrected chi connectivity index (χ1v) is 7.51. The van der Waals surface area contributed by atoms with Crippen LogP contribution in [0.4, 0.5) is 13.2 Å². The number of hydrogen-bond acceptors (Lipinski definition) is 3. The molecule has 0 saturated carbocycles. The van der Waals surface area contributed by atoms with Gasteiger partial charge in [0, 0.05) is 0 Å². The molecule has 0 aliphatic rings. The maximum atomic E-state index is 13.3. The van der Waals surface area contributed by atoms with Crippen LogP contribution >= 0.6 is 0 Å². The predicted octanol–water partition coefficient (Wildman–Crippen LogP) is 3.68. The van der Waals surface area contributed by atoms with Crippen LogP contribution in [-0.2, 0) is 12.7 Å². The SMILES string of the molecule is FC(F)(F)c1nc2ccccc2n1Cc1cn(-c2ccccc2)nn1. The molecule has 0 bridgehead atoms. The molecule has 4 aromatic rings. The van der Waals surface area contributed by atoms with E-state index in [1.807, 2.05) is 30.3 Å². The normalized spacial score (nSPS) is 12.0. The van der Waals surface area contributed by atoms with Gasteiger partial charge in [0.2, 0.25) is 5.82 Å². The lowest BCUT2D eigenvalue weighted by atomic mass is 10.3. The second-order valence-electron chi connectivity index (χ2n) is 5.50. The van der Waals surface area contributed by atoms with Gasteiger partial charge in [0.05, 0.1) is 29.5 Å². The molecule has 0 saturated heterocycles. The molecule has 0 aliphatic carbocycles. The molecule has 126 valence electrons. The fraction of sp³-hybridized carbons (Fsp3) is 0.118. The molecule has 4 rings (SSSR count). The van der Waals surface area contributed by atoms with Crippen molar-refractivity contribution in [2.75, 3.05) is 0 Å². The molecule has 0 atom stereocenters. The number of fused-ring (bicyclic) bond motifs is 1. The molecule has 2 heterocycles. The monoisotopic (exact) mass is 343 g/mol. The van der Waals surface area contributed by atoms with Gasteiger partial charge in [0.25, 0.3) is 0 Å². The van der Waals surface area contributed by atoms with Gasteiger partial charge in [-0.05, 0) is 24.3 Å². The van der Waals surface area contributed by atoms with Crippen LogP contribution in [0.3, 0.4) is 0 Å². The second-order valence-corrected chi connectivity index (χ2v) is 5.50. The molecule has 5 nitrogen and oxygen atoms in total. The molecule has 0 aliphatic heterocycles. The van der Waals surface area contributed by atoms with Crippen LogP contribution in [0.1, 0.15) is 11.5 Å². The zero-order valence-electron chi connectivity index (χ0n) is 12.9. The fourth-order valence-electron chi connectivity index (χ4n) is 2.69. The number of para-hydroxylation sites is 3. The van der Waals surface area contributed by atoms with Crippen LogP contribution in [0.15, 0.2) is 60.8 Å². The lowest BCUT2D eigenvalue weighted by Crippen LogP contribution is -2.15. The highest BCUT2D eigenvalue weighted by Gasteiger charge is 2.37. The summed E-state index contributed by atoms with van der Waals surface area (Å²) in [5, 5.41) is 7.98. The van der Waals surface area contributed by atoms with Crippen LogP contribution < -0.4 is 0 Å². The number of halogens is 3. The minimum absolute atomic E-state index is 0.0673. The molecule has 0 radical (unpaired) electrons. The third kappa shape index (κ3) is 2.86. The first kappa shape index (κ1) is 15.4. The quantitative estimate of drug-likeness (QED) is 0.570. The first-order valence-electron chi connectivity index (χ1n) is 7.51. The summed E-state index contributed by atoms with van der Waals surface area (Å²) in [7, 11) is 0. The summed E-state index contributed by atoms with van der Waals surface area (Å²) in [4.78, 5) is 3.73. The van der Waals surface area contributed by atoms with E-state index in [1.54, 1.807) is 30.5 Å². The number of imidazole rings is 1. The zero-order chi connectivity index (χ0) is 17.4. The topological polar surface area (TPSA) is 48.5 Å². The van der Waals surface area contributed by atoms with Crippen molar-refractivity contribution in [1.29, 1.82) is 0 Å². The highest BCUT2D eigenvalue weighted by molar-refractivity contribution is 5.76. The van der Waals surface area contributed by atoms with Crippen molar-refractivity contribution >= 4 is 11.0 Å². The lowest BCUT2D eigenvalue weighted by molar-refractivity contribution is -0.146. The summed E-state index contributed by atoms with van der Waals surface area (Å²) in [6.07, 6.45) is -2.93.